The van der Waals surface area contributed by atoms with Gasteiger partial charge in [-0.2, -0.15) is 0 Å². The van der Waals surface area contributed by atoms with Crippen molar-refractivity contribution in [3.8, 4) is 22.3 Å². The molecule has 4 rings (SSSR count). The largest absolute Gasteiger partial charge is 0.372 e. The van der Waals surface area contributed by atoms with E-state index < -0.39 is 0 Å². The third kappa shape index (κ3) is 4.55. The zero-order valence-corrected chi connectivity index (χ0v) is 19.5. The maximum Gasteiger partial charge on any atom is 0.0526 e. The van der Waals surface area contributed by atoms with E-state index in [9.17, 15) is 0 Å². The molecule has 0 saturated carbocycles. The lowest BCUT2D eigenvalue weighted by atomic mass is 9.93. The van der Waals surface area contributed by atoms with Gasteiger partial charge in [-0.05, 0) is 31.0 Å². The number of rotatable bonds is 7. The van der Waals surface area contributed by atoms with Crippen LogP contribution >= 0.6 is 0 Å². The summed E-state index contributed by atoms with van der Waals surface area (Å²) in [6, 6.07) is 37.2. The van der Waals surface area contributed by atoms with E-state index in [1.54, 1.807) is 0 Å². The number of benzene rings is 4. The Morgan fingerprint density at radius 3 is 1.84 bits per heavy atom. The molecule has 2 nitrogen and oxygen atoms in total. The molecule has 32 heavy (non-hydrogen) atoms. The first-order valence-corrected chi connectivity index (χ1v) is 11.3. The summed E-state index contributed by atoms with van der Waals surface area (Å²) in [5, 5.41) is 0. The molecule has 0 radical (unpaired) electrons. The normalized spacial score (nSPS) is 10.9. The Kier molecular flexibility index (Phi) is 6.61. The third-order valence-corrected chi connectivity index (χ3v) is 6.11. The van der Waals surface area contributed by atoms with Crippen molar-refractivity contribution < 1.29 is 0 Å². The molecule has 0 aliphatic carbocycles. The Balaban J connectivity index is 1.91. The Labute approximate surface area is 192 Å². The fraction of sp³-hybridized carbons (Fsp3) is 0.200. The van der Waals surface area contributed by atoms with Crippen LogP contribution in [0.15, 0.2) is 103 Å². The molecule has 0 saturated heterocycles. The first-order valence-electron chi connectivity index (χ1n) is 11.3. The Morgan fingerprint density at radius 1 is 0.594 bits per heavy atom. The van der Waals surface area contributed by atoms with Crippen LogP contribution in [-0.2, 0) is 6.54 Å². The predicted molar refractivity (Wildman–Crippen MR) is 139 cm³/mol. The number of nitrogens with zero attached hydrogens (tertiary/aromatic N) is 2. The first kappa shape index (κ1) is 21.7. The highest BCUT2D eigenvalue weighted by atomic mass is 15.1. The number of hydrogen-bond acceptors (Lipinski definition) is 2. The van der Waals surface area contributed by atoms with E-state index in [4.69, 9.17) is 0 Å². The zero-order valence-electron chi connectivity index (χ0n) is 19.5. The molecule has 0 aromatic heterocycles. The summed E-state index contributed by atoms with van der Waals surface area (Å²) in [5.41, 5.74) is 8.82. The third-order valence-electron chi connectivity index (χ3n) is 6.11. The average Bonchev–Trinajstić information content (AvgIpc) is 2.84. The molecule has 0 amide bonds. The summed E-state index contributed by atoms with van der Waals surface area (Å²) in [5.74, 6) is 0. The monoisotopic (exact) mass is 420 g/mol. The maximum absolute atomic E-state index is 2.39. The van der Waals surface area contributed by atoms with E-state index in [0.717, 1.165) is 6.54 Å². The second-order valence-corrected chi connectivity index (χ2v) is 8.63. The Bertz CT molecular complexity index is 1150. The molecule has 4 aromatic carbocycles. The van der Waals surface area contributed by atoms with E-state index in [0.29, 0.717) is 6.04 Å². The van der Waals surface area contributed by atoms with Crippen molar-refractivity contribution in [1.29, 1.82) is 0 Å². The van der Waals surface area contributed by atoms with Gasteiger partial charge >= 0.3 is 0 Å². The summed E-state index contributed by atoms with van der Waals surface area (Å²) >= 11 is 0. The van der Waals surface area contributed by atoms with Gasteiger partial charge in [-0.25, -0.2) is 0 Å². The van der Waals surface area contributed by atoms with Gasteiger partial charge in [0.25, 0.3) is 0 Å². The van der Waals surface area contributed by atoms with Gasteiger partial charge in [0.2, 0.25) is 0 Å². The van der Waals surface area contributed by atoms with Gasteiger partial charge in [-0.15, -0.1) is 0 Å². The highest BCUT2D eigenvalue weighted by Gasteiger charge is 2.19. The Morgan fingerprint density at radius 2 is 1.16 bits per heavy atom. The minimum absolute atomic E-state index is 0.416. The molecular formula is C30H32N2. The van der Waals surface area contributed by atoms with Gasteiger partial charge in [0.1, 0.15) is 0 Å². The fourth-order valence-electron chi connectivity index (χ4n) is 4.25. The van der Waals surface area contributed by atoms with E-state index in [1.807, 2.05) is 0 Å². The van der Waals surface area contributed by atoms with Crippen LogP contribution in [0.4, 0.5) is 11.4 Å². The molecule has 0 heterocycles. The summed E-state index contributed by atoms with van der Waals surface area (Å²) in [4.78, 5) is 4.74. The first-order chi connectivity index (χ1) is 15.6. The van der Waals surface area contributed by atoms with Gasteiger partial charge in [0, 0.05) is 49.1 Å². The van der Waals surface area contributed by atoms with Crippen molar-refractivity contribution in [1.82, 2.24) is 0 Å². The van der Waals surface area contributed by atoms with Gasteiger partial charge in [0.15, 0.2) is 0 Å². The van der Waals surface area contributed by atoms with Crippen molar-refractivity contribution >= 4 is 11.4 Å². The smallest absolute Gasteiger partial charge is 0.0526 e. The molecule has 0 spiro atoms. The van der Waals surface area contributed by atoms with Crippen LogP contribution < -0.4 is 9.80 Å². The van der Waals surface area contributed by atoms with Crippen LogP contribution in [0.2, 0.25) is 0 Å². The molecule has 0 bridgehead atoms. The van der Waals surface area contributed by atoms with Crippen LogP contribution in [0.25, 0.3) is 22.3 Å². The lowest BCUT2D eigenvalue weighted by Gasteiger charge is -2.30. The van der Waals surface area contributed by atoms with Gasteiger partial charge < -0.3 is 9.80 Å². The van der Waals surface area contributed by atoms with Crippen LogP contribution in [0.1, 0.15) is 19.4 Å². The predicted octanol–water partition coefficient (Wildman–Crippen LogP) is 7.50. The SMILES string of the molecule is CC(C)N(C)c1ccccc1-c1cccc(-c2ccccc2)c1N(C)Cc1ccccc1. The molecule has 4 aromatic rings. The van der Waals surface area contributed by atoms with Crippen LogP contribution in [0.3, 0.4) is 0 Å². The van der Waals surface area contributed by atoms with Crippen LogP contribution in [0, 0.1) is 0 Å². The molecule has 0 N–H and O–H groups in total. The number of hydrogen-bond donors (Lipinski definition) is 0. The average molecular weight is 421 g/mol. The lowest BCUT2D eigenvalue weighted by molar-refractivity contribution is 0.755. The molecule has 0 fully saturated rings. The highest BCUT2D eigenvalue weighted by molar-refractivity contribution is 5.94. The maximum atomic E-state index is 2.39. The van der Waals surface area contributed by atoms with Crippen molar-refractivity contribution in [3.63, 3.8) is 0 Å². The lowest BCUT2D eigenvalue weighted by Crippen LogP contribution is -2.26. The molecule has 2 heteroatoms. The molecule has 0 aliphatic rings. The van der Waals surface area contributed by atoms with E-state index in [1.165, 1.54) is 39.2 Å². The molecule has 0 unspecified atom stereocenters. The molecule has 0 aliphatic heterocycles. The van der Waals surface area contributed by atoms with Crippen molar-refractivity contribution in [2.75, 3.05) is 23.9 Å². The van der Waals surface area contributed by atoms with Crippen molar-refractivity contribution in [3.05, 3.63) is 109 Å². The van der Waals surface area contributed by atoms with E-state index in [-0.39, 0.29) is 0 Å². The van der Waals surface area contributed by atoms with E-state index >= 15 is 0 Å². The van der Waals surface area contributed by atoms with Gasteiger partial charge in [-0.1, -0.05) is 97.1 Å². The zero-order chi connectivity index (χ0) is 22.5. The number of para-hydroxylation sites is 2. The summed E-state index contributed by atoms with van der Waals surface area (Å²) in [6.07, 6.45) is 0. The number of anilines is 2. The van der Waals surface area contributed by atoms with Crippen molar-refractivity contribution in [2.45, 2.75) is 26.4 Å². The topological polar surface area (TPSA) is 6.48 Å². The Hall–Kier alpha value is -3.52. The minimum Gasteiger partial charge on any atom is -0.372 e. The molecule has 0 atom stereocenters. The highest BCUT2D eigenvalue weighted by Crippen LogP contribution is 2.43. The summed E-state index contributed by atoms with van der Waals surface area (Å²) in [7, 11) is 4.38. The second-order valence-electron chi connectivity index (χ2n) is 8.63. The van der Waals surface area contributed by atoms with Crippen LogP contribution in [0.5, 0.6) is 0 Å². The summed E-state index contributed by atoms with van der Waals surface area (Å²) in [6.45, 7) is 5.32. The summed E-state index contributed by atoms with van der Waals surface area (Å²) < 4.78 is 0. The van der Waals surface area contributed by atoms with E-state index in [2.05, 4.69) is 141 Å². The van der Waals surface area contributed by atoms with Crippen molar-refractivity contribution in [2.24, 2.45) is 0 Å². The standard InChI is InChI=1S/C30H32N2/c1-23(2)32(4)29-21-12-11-18-27(29)28-20-13-19-26(25-16-9-6-10-17-25)30(28)31(3)22-24-14-7-5-8-15-24/h5-21,23H,22H2,1-4H3. The molecular weight excluding hydrogens is 388 g/mol. The molecule has 162 valence electrons. The quantitative estimate of drug-likeness (QED) is 0.305. The fourth-order valence-corrected chi connectivity index (χ4v) is 4.25. The van der Waals surface area contributed by atoms with Gasteiger partial charge in [-0.3, -0.25) is 0 Å². The minimum atomic E-state index is 0.416. The van der Waals surface area contributed by atoms with Crippen LogP contribution in [-0.4, -0.2) is 20.1 Å². The second kappa shape index (κ2) is 9.74. The van der Waals surface area contributed by atoms with Gasteiger partial charge in [0.05, 0.1) is 5.69 Å².